The molecule has 100 valence electrons. The number of rotatable bonds is 4. The molecule has 0 saturated heterocycles. The van der Waals surface area contributed by atoms with E-state index >= 15 is 0 Å². The first kappa shape index (κ1) is 12.6. The Morgan fingerprint density at radius 1 is 1.47 bits per heavy atom. The van der Waals surface area contributed by atoms with Crippen LogP contribution in [0.2, 0.25) is 0 Å². The molecule has 1 aromatic carbocycles. The van der Waals surface area contributed by atoms with Gasteiger partial charge in [-0.1, -0.05) is 28.1 Å². The molecule has 0 heterocycles. The van der Waals surface area contributed by atoms with Crippen LogP contribution in [0.15, 0.2) is 28.7 Å². The van der Waals surface area contributed by atoms with Gasteiger partial charge in [-0.25, -0.2) is 0 Å². The number of amides is 1. The molecule has 0 bridgehead atoms. The molecule has 0 radical (unpaired) electrons. The number of halogens is 1. The highest BCUT2D eigenvalue weighted by molar-refractivity contribution is 9.10. The van der Waals surface area contributed by atoms with Crippen molar-refractivity contribution in [1.29, 1.82) is 0 Å². The summed E-state index contributed by atoms with van der Waals surface area (Å²) in [7, 11) is 0. The normalized spacial score (nSPS) is 26.6. The number of hydrogen-bond donors (Lipinski definition) is 1. The molecule has 3 rings (SSSR count). The fourth-order valence-electron chi connectivity index (χ4n) is 2.42. The van der Waals surface area contributed by atoms with Crippen LogP contribution < -0.4 is 5.32 Å². The Morgan fingerprint density at radius 2 is 2.21 bits per heavy atom. The maximum absolute atomic E-state index is 12.0. The van der Waals surface area contributed by atoms with E-state index in [-0.39, 0.29) is 16.4 Å². The van der Waals surface area contributed by atoms with Crippen molar-refractivity contribution in [2.45, 2.75) is 30.8 Å². The van der Waals surface area contributed by atoms with Crippen LogP contribution in [-0.4, -0.2) is 16.9 Å². The number of benzene rings is 1. The third-order valence-corrected chi connectivity index (χ3v) is 4.35. The van der Waals surface area contributed by atoms with E-state index in [1.807, 2.05) is 24.3 Å². The molecule has 1 aromatic rings. The van der Waals surface area contributed by atoms with Crippen LogP contribution in [0.5, 0.6) is 0 Å². The predicted molar refractivity (Wildman–Crippen MR) is 72.1 cm³/mol. The lowest BCUT2D eigenvalue weighted by molar-refractivity contribution is -0.497. The average Bonchev–Trinajstić information content (AvgIpc) is 3.23. The minimum Gasteiger partial charge on any atom is -0.346 e. The van der Waals surface area contributed by atoms with Crippen molar-refractivity contribution < 1.29 is 9.72 Å². The average molecular weight is 325 g/mol. The molecule has 6 heteroatoms. The second-order valence-electron chi connectivity index (χ2n) is 5.28. The van der Waals surface area contributed by atoms with Crippen molar-refractivity contribution in [1.82, 2.24) is 5.32 Å². The first-order valence-electron chi connectivity index (χ1n) is 6.23. The Hall–Kier alpha value is -1.43. The van der Waals surface area contributed by atoms with Gasteiger partial charge in [0.2, 0.25) is 11.9 Å². The van der Waals surface area contributed by atoms with E-state index in [0.717, 1.165) is 22.9 Å². The van der Waals surface area contributed by atoms with Crippen LogP contribution in [0, 0.1) is 16.0 Å². The molecule has 2 atom stereocenters. The van der Waals surface area contributed by atoms with Crippen LogP contribution in [0.25, 0.3) is 0 Å². The monoisotopic (exact) mass is 324 g/mol. The minimum atomic E-state index is -0.682. The second kappa shape index (κ2) is 4.30. The number of nitro groups is 1. The molecule has 5 nitrogen and oxygen atoms in total. The second-order valence-corrected chi connectivity index (χ2v) is 6.19. The topological polar surface area (TPSA) is 72.2 Å². The predicted octanol–water partition coefficient (Wildman–Crippen LogP) is 2.22. The van der Waals surface area contributed by atoms with Gasteiger partial charge in [0.25, 0.3) is 0 Å². The van der Waals surface area contributed by atoms with E-state index in [1.165, 1.54) is 0 Å². The molecule has 2 unspecified atom stereocenters. The van der Waals surface area contributed by atoms with Crippen LogP contribution in [0.1, 0.15) is 24.8 Å². The van der Waals surface area contributed by atoms with Crippen molar-refractivity contribution in [3.8, 4) is 0 Å². The summed E-state index contributed by atoms with van der Waals surface area (Å²) in [6, 6.07) is 7.16. The third kappa shape index (κ3) is 2.36. The Balaban J connectivity index is 1.70. The molecule has 2 fully saturated rings. The lowest BCUT2D eigenvalue weighted by Crippen LogP contribution is -2.37. The Kier molecular flexibility index (Phi) is 2.85. The summed E-state index contributed by atoms with van der Waals surface area (Å²) < 4.78 is 0.972. The summed E-state index contributed by atoms with van der Waals surface area (Å²) in [6.07, 6.45) is 2.16. The summed E-state index contributed by atoms with van der Waals surface area (Å²) in [5.74, 6) is -0.626. The SMILES string of the molecule is O=C(NC1(c2cccc(Br)c2)CC1)C1CC1[N+](=O)[O-]. The number of nitrogens with one attached hydrogen (secondary N) is 1. The molecule has 0 aliphatic heterocycles. The fourth-order valence-corrected chi connectivity index (χ4v) is 2.82. The van der Waals surface area contributed by atoms with Crippen LogP contribution in [0.3, 0.4) is 0 Å². The molecule has 1 amide bonds. The van der Waals surface area contributed by atoms with Gasteiger partial charge in [0.15, 0.2) is 0 Å². The molecule has 1 N–H and O–H groups in total. The van der Waals surface area contributed by atoms with Crippen molar-refractivity contribution in [2.24, 2.45) is 5.92 Å². The number of carbonyl (C=O) groups is 1. The van der Waals surface area contributed by atoms with Crippen molar-refractivity contribution in [3.05, 3.63) is 44.4 Å². The molecule has 2 saturated carbocycles. The number of hydrogen-bond acceptors (Lipinski definition) is 3. The maximum Gasteiger partial charge on any atom is 0.231 e. The first-order chi connectivity index (χ1) is 9.02. The summed E-state index contributed by atoms with van der Waals surface area (Å²) in [5, 5.41) is 13.6. The van der Waals surface area contributed by atoms with Crippen LogP contribution >= 0.6 is 15.9 Å². The van der Waals surface area contributed by atoms with E-state index in [0.29, 0.717) is 6.42 Å². The van der Waals surface area contributed by atoms with Gasteiger partial charge in [0, 0.05) is 15.8 Å². The first-order valence-corrected chi connectivity index (χ1v) is 7.03. The fraction of sp³-hybridized carbons (Fsp3) is 0.462. The van der Waals surface area contributed by atoms with Crippen LogP contribution in [0.4, 0.5) is 0 Å². The summed E-state index contributed by atoms with van der Waals surface area (Å²) in [6.45, 7) is 0. The van der Waals surface area contributed by atoms with Crippen LogP contribution in [-0.2, 0) is 10.3 Å². The van der Waals surface area contributed by atoms with Crippen molar-refractivity contribution in [2.75, 3.05) is 0 Å². The molecular weight excluding hydrogens is 312 g/mol. The largest absolute Gasteiger partial charge is 0.346 e. The van der Waals surface area contributed by atoms with E-state index in [2.05, 4.69) is 21.2 Å². The zero-order chi connectivity index (χ0) is 13.6. The molecule has 0 aromatic heterocycles. The van der Waals surface area contributed by atoms with E-state index in [9.17, 15) is 14.9 Å². The van der Waals surface area contributed by atoms with Gasteiger partial charge in [0.05, 0.1) is 5.54 Å². The smallest absolute Gasteiger partial charge is 0.231 e. The van der Waals surface area contributed by atoms with E-state index in [4.69, 9.17) is 0 Å². The standard InChI is InChI=1S/C13H13BrN2O3/c14-9-3-1-2-8(6-9)13(4-5-13)15-12(17)10-7-11(10)16(18)19/h1-3,6,10-11H,4-5,7H2,(H,15,17). The van der Waals surface area contributed by atoms with Gasteiger partial charge in [-0.05, 0) is 30.5 Å². The van der Waals surface area contributed by atoms with Crippen molar-refractivity contribution in [3.63, 3.8) is 0 Å². The van der Waals surface area contributed by atoms with Gasteiger partial charge in [-0.15, -0.1) is 0 Å². The summed E-state index contributed by atoms with van der Waals surface area (Å²) in [4.78, 5) is 22.2. The Bertz CT molecular complexity index is 557. The summed E-state index contributed by atoms with van der Waals surface area (Å²) >= 11 is 3.42. The highest BCUT2D eigenvalue weighted by atomic mass is 79.9. The molecule has 19 heavy (non-hydrogen) atoms. The molecular formula is C13H13BrN2O3. The van der Waals surface area contributed by atoms with Gasteiger partial charge in [0.1, 0.15) is 5.92 Å². The van der Waals surface area contributed by atoms with Gasteiger partial charge in [-0.3, -0.25) is 14.9 Å². The third-order valence-electron chi connectivity index (χ3n) is 3.85. The lowest BCUT2D eigenvalue weighted by Gasteiger charge is -2.18. The summed E-state index contributed by atoms with van der Waals surface area (Å²) in [5.41, 5.74) is 0.762. The molecule has 2 aliphatic carbocycles. The zero-order valence-corrected chi connectivity index (χ0v) is 11.7. The molecule has 0 spiro atoms. The van der Waals surface area contributed by atoms with Gasteiger partial charge >= 0.3 is 0 Å². The van der Waals surface area contributed by atoms with E-state index in [1.54, 1.807) is 0 Å². The zero-order valence-electron chi connectivity index (χ0n) is 10.1. The van der Waals surface area contributed by atoms with Gasteiger partial charge in [-0.2, -0.15) is 0 Å². The molecule has 2 aliphatic rings. The highest BCUT2D eigenvalue weighted by Crippen LogP contribution is 2.47. The minimum absolute atomic E-state index is 0.181. The quantitative estimate of drug-likeness (QED) is 0.681. The highest BCUT2D eigenvalue weighted by Gasteiger charge is 2.56. The number of carbonyl (C=O) groups excluding carboxylic acids is 1. The Labute approximate surface area is 118 Å². The van der Waals surface area contributed by atoms with Crippen molar-refractivity contribution >= 4 is 21.8 Å². The lowest BCUT2D eigenvalue weighted by atomic mass is 10.0. The maximum atomic E-state index is 12.0. The van der Waals surface area contributed by atoms with Gasteiger partial charge < -0.3 is 5.32 Å². The van der Waals surface area contributed by atoms with E-state index < -0.39 is 12.0 Å². The Morgan fingerprint density at radius 3 is 2.74 bits per heavy atom. The number of nitrogens with zero attached hydrogens (tertiary/aromatic N) is 1.